The van der Waals surface area contributed by atoms with Crippen molar-refractivity contribution < 1.29 is 0 Å². The maximum Gasteiger partial charge on any atom is 0.250 e. The first-order valence-electron chi connectivity index (χ1n) is 6.48. The number of nitrogens with zero attached hydrogens (tertiary/aromatic N) is 1. The highest BCUT2D eigenvalue weighted by molar-refractivity contribution is 5.41. The Morgan fingerprint density at radius 1 is 1.18 bits per heavy atom. The zero-order chi connectivity index (χ0) is 12.4. The summed E-state index contributed by atoms with van der Waals surface area (Å²) in [6.45, 7) is 4.65. The summed E-state index contributed by atoms with van der Waals surface area (Å²) in [7, 11) is 1.79. The quantitative estimate of drug-likeness (QED) is 0.853. The number of aromatic nitrogens is 1. The molecule has 1 aromatic heterocycles. The third-order valence-corrected chi connectivity index (χ3v) is 3.64. The van der Waals surface area contributed by atoms with Crippen LogP contribution in [0.3, 0.4) is 0 Å². The van der Waals surface area contributed by atoms with Crippen molar-refractivity contribution in [3.63, 3.8) is 0 Å². The Morgan fingerprint density at radius 3 is 2.41 bits per heavy atom. The highest BCUT2D eigenvalue weighted by Gasteiger charge is 2.23. The molecule has 3 heteroatoms. The molecule has 0 spiro atoms. The number of pyridine rings is 1. The van der Waals surface area contributed by atoms with Gasteiger partial charge in [-0.15, -0.1) is 0 Å². The lowest BCUT2D eigenvalue weighted by Crippen LogP contribution is -2.30. The van der Waals surface area contributed by atoms with Crippen LogP contribution in [0.2, 0.25) is 0 Å². The second-order valence-electron chi connectivity index (χ2n) is 5.63. The van der Waals surface area contributed by atoms with E-state index in [-0.39, 0.29) is 5.56 Å². The van der Waals surface area contributed by atoms with Crippen molar-refractivity contribution in [3.05, 3.63) is 28.7 Å². The fourth-order valence-corrected chi connectivity index (χ4v) is 2.98. The summed E-state index contributed by atoms with van der Waals surface area (Å²) < 4.78 is 1.62. The number of hydrogen-bond donors (Lipinski definition) is 1. The van der Waals surface area contributed by atoms with E-state index >= 15 is 0 Å². The molecule has 2 unspecified atom stereocenters. The van der Waals surface area contributed by atoms with Gasteiger partial charge in [0.05, 0.1) is 5.69 Å². The van der Waals surface area contributed by atoms with Crippen molar-refractivity contribution in [3.8, 4) is 0 Å². The van der Waals surface area contributed by atoms with Crippen LogP contribution >= 0.6 is 0 Å². The Balaban J connectivity index is 2.04. The zero-order valence-electron chi connectivity index (χ0n) is 10.9. The van der Waals surface area contributed by atoms with Crippen LogP contribution in [0.5, 0.6) is 0 Å². The van der Waals surface area contributed by atoms with Crippen LogP contribution in [0.15, 0.2) is 23.1 Å². The molecule has 0 aliphatic heterocycles. The van der Waals surface area contributed by atoms with E-state index in [0.29, 0.717) is 6.04 Å². The number of rotatable bonds is 2. The Hall–Kier alpha value is -1.25. The Labute approximate surface area is 103 Å². The summed E-state index contributed by atoms with van der Waals surface area (Å²) in [6, 6.07) is 4.05. The molecule has 0 radical (unpaired) electrons. The van der Waals surface area contributed by atoms with Gasteiger partial charge in [-0.3, -0.25) is 4.79 Å². The average molecular weight is 234 g/mol. The van der Waals surface area contributed by atoms with Gasteiger partial charge in [0.25, 0.3) is 0 Å². The summed E-state index contributed by atoms with van der Waals surface area (Å²) in [6.07, 6.45) is 5.68. The predicted octanol–water partition coefficient (Wildman–Crippen LogP) is 2.62. The summed E-state index contributed by atoms with van der Waals surface area (Å²) >= 11 is 0. The fraction of sp³-hybridized carbons (Fsp3) is 0.643. The summed E-state index contributed by atoms with van der Waals surface area (Å²) in [5.41, 5.74) is 1.10. The van der Waals surface area contributed by atoms with Gasteiger partial charge in [-0.05, 0) is 37.2 Å². The Kier molecular flexibility index (Phi) is 3.55. The first-order valence-corrected chi connectivity index (χ1v) is 6.48. The monoisotopic (exact) mass is 234 g/mol. The molecule has 17 heavy (non-hydrogen) atoms. The predicted molar refractivity (Wildman–Crippen MR) is 71.3 cm³/mol. The van der Waals surface area contributed by atoms with Crippen LogP contribution in [-0.4, -0.2) is 10.6 Å². The van der Waals surface area contributed by atoms with E-state index in [9.17, 15) is 4.79 Å². The van der Waals surface area contributed by atoms with Crippen molar-refractivity contribution in [2.45, 2.75) is 39.2 Å². The van der Waals surface area contributed by atoms with Gasteiger partial charge in [-0.1, -0.05) is 13.8 Å². The van der Waals surface area contributed by atoms with Gasteiger partial charge in [0, 0.05) is 25.4 Å². The number of aryl methyl sites for hydroxylation is 1. The van der Waals surface area contributed by atoms with Gasteiger partial charge in [0.2, 0.25) is 5.56 Å². The van der Waals surface area contributed by atoms with Crippen molar-refractivity contribution in [2.75, 3.05) is 5.32 Å². The van der Waals surface area contributed by atoms with E-state index in [0.717, 1.165) is 17.5 Å². The molecule has 0 bridgehead atoms. The minimum absolute atomic E-state index is 0.0425. The number of hydrogen-bond acceptors (Lipinski definition) is 2. The third-order valence-electron chi connectivity index (χ3n) is 3.64. The molecule has 3 nitrogen and oxygen atoms in total. The Morgan fingerprint density at radius 2 is 1.82 bits per heavy atom. The minimum Gasteiger partial charge on any atom is -0.381 e. The molecule has 94 valence electrons. The van der Waals surface area contributed by atoms with Gasteiger partial charge < -0.3 is 9.88 Å². The van der Waals surface area contributed by atoms with Crippen LogP contribution in [0.4, 0.5) is 5.69 Å². The molecule has 2 atom stereocenters. The van der Waals surface area contributed by atoms with E-state index in [1.54, 1.807) is 17.7 Å². The molecular formula is C14H22N2O. The SMILES string of the molecule is CC1CC(C)CC(Nc2ccc(=O)n(C)c2)C1. The lowest BCUT2D eigenvalue weighted by molar-refractivity contribution is 0.281. The Bertz CT molecular complexity index is 428. The molecule has 1 fully saturated rings. The summed E-state index contributed by atoms with van der Waals surface area (Å²) in [5.74, 6) is 1.59. The first-order chi connectivity index (χ1) is 8.04. The van der Waals surface area contributed by atoms with E-state index in [1.807, 2.05) is 12.3 Å². The first kappa shape index (κ1) is 12.2. The van der Waals surface area contributed by atoms with Crippen molar-refractivity contribution >= 4 is 5.69 Å². The second-order valence-corrected chi connectivity index (χ2v) is 5.63. The molecule has 0 amide bonds. The molecular weight excluding hydrogens is 212 g/mol. The highest BCUT2D eigenvalue weighted by atomic mass is 16.1. The maximum absolute atomic E-state index is 11.3. The highest BCUT2D eigenvalue weighted by Crippen LogP contribution is 2.30. The fourth-order valence-electron chi connectivity index (χ4n) is 2.98. The largest absolute Gasteiger partial charge is 0.381 e. The smallest absolute Gasteiger partial charge is 0.250 e. The lowest BCUT2D eigenvalue weighted by atomic mass is 9.80. The molecule has 2 rings (SSSR count). The van der Waals surface area contributed by atoms with Gasteiger partial charge in [0.1, 0.15) is 0 Å². The normalized spacial score (nSPS) is 29.0. The standard InChI is InChI=1S/C14H22N2O/c1-10-6-11(2)8-13(7-10)15-12-4-5-14(17)16(3)9-12/h4-5,9-11,13,15H,6-8H2,1-3H3. The van der Waals surface area contributed by atoms with Crippen LogP contribution in [0.25, 0.3) is 0 Å². The van der Waals surface area contributed by atoms with Crippen LogP contribution < -0.4 is 10.9 Å². The van der Waals surface area contributed by atoms with Gasteiger partial charge in [0.15, 0.2) is 0 Å². The molecule has 0 aromatic carbocycles. The van der Waals surface area contributed by atoms with Crippen LogP contribution in [-0.2, 0) is 7.05 Å². The summed E-state index contributed by atoms with van der Waals surface area (Å²) in [4.78, 5) is 11.3. The van der Waals surface area contributed by atoms with Crippen LogP contribution in [0, 0.1) is 11.8 Å². The molecule has 1 aliphatic rings. The summed E-state index contributed by atoms with van der Waals surface area (Å²) in [5, 5.41) is 3.55. The van der Waals surface area contributed by atoms with Crippen molar-refractivity contribution in [1.82, 2.24) is 4.57 Å². The van der Waals surface area contributed by atoms with Gasteiger partial charge in [-0.2, -0.15) is 0 Å². The minimum atomic E-state index is 0.0425. The molecule has 1 aromatic rings. The topological polar surface area (TPSA) is 34.0 Å². The van der Waals surface area contributed by atoms with Crippen molar-refractivity contribution in [1.29, 1.82) is 0 Å². The second kappa shape index (κ2) is 4.94. The van der Waals surface area contributed by atoms with E-state index in [2.05, 4.69) is 19.2 Å². The lowest BCUT2D eigenvalue weighted by Gasteiger charge is -2.32. The molecule has 1 heterocycles. The zero-order valence-corrected chi connectivity index (χ0v) is 10.9. The van der Waals surface area contributed by atoms with E-state index in [4.69, 9.17) is 0 Å². The molecule has 1 aliphatic carbocycles. The number of anilines is 1. The third kappa shape index (κ3) is 3.11. The van der Waals surface area contributed by atoms with E-state index < -0.39 is 0 Å². The van der Waals surface area contributed by atoms with E-state index in [1.165, 1.54) is 19.3 Å². The maximum atomic E-state index is 11.3. The molecule has 1 saturated carbocycles. The van der Waals surface area contributed by atoms with Crippen molar-refractivity contribution in [2.24, 2.45) is 18.9 Å². The van der Waals surface area contributed by atoms with Gasteiger partial charge >= 0.3 is 0 Å². The van der Waals surface area contributed by atoms with Gasteiger partial charge in [-0.25, -0.2) is 0 Å². The number of nitrogens with one attached hydrogen (secondary N) is 1. The molecule has 1 N–H and O–H groups in total. The molecule has 0 saturated heterocycles. The average Bonchev–Trinajstić information content (AvgIpc) is 2.22. The van der Waals surface area contributed by atoms with Crippen LogP contribution in [0.1, 0.15) is 33.1 Å².